The zero-order valence-corrected chi connectivity index (χ0v) is 15.6. The van der Waals surface area contributed by atoms with E-state index in [2.05, 4.69) is 27.2 Å². The van der Waals surface area contributed by atoms with Crippen molar-refractivity contribution in [3.05, 3.63) is 65.7 Å². The first kappa shape index (κ1) is 20.2. The molecule has 2 aromatic rings. The molecule has 0 unspecified atom stereocenters. The summed E-state index contributed by atoms with van der Waals surface area (Å²) in [5, 5.41) is 2.61. The summed E-state index contributed by atoms with van der Waals surface area (Å²) < 4.78 is 39.0. The van der Waals surface area contributed by atoms with Gasteiger partial charge in [-0.25, -0.2) is 0 Å². The molecule has 150 valence electrons. The van der Waals surface area contributed by atoms with Crippen LogP contribution in [-0.4, -0.2) is 50.1 Å². The van der Waals surface area contributed by atoms with Crippen LogP contribution >= 0.6 is 0 Å². The second kappa shape index (κ2) is 9.10. The topological polar surface area (TPSA) is 35.6 Å². The van der Waals surface area contributed by atoms with Gasteiger partial charge < -0.3 is 10.2 Å². The van der Waals surface area contributed by atoms with Crippen LogP contribution in [0.1, 0.15) is 22.3 Å². The Morgan fingerprint density at radius 3 is 2.25 bits per heavy atom. The van der Waals surface area contributed by atoms with Crippen LogP contribution in [0.15, 0.2) is 54.6 Å². The Morgan fingerprint density at radius 2 is 1.57 bits per heavy atom. The minimum absolute atomic E-state index is 0.327. The highest BCUT2D eigenvalue weighted by Gasteiger charge is 2.34. The number of benzene rings is 2. The number of piperazine rings is 1. The molecule has 0 aromatic heterocycles. The van der Waals surface area contributed by atoms with Crippen LogP contribution in [0.2, 0.25) is 0 Å². The Kier molecular flexibility index (Phi) is 6.57. The maximum Gasteiger partial charge on any atom is 0.417 e. The summed E-state index contributed by atoms with van der Waals surface area (Å²) in [6.07, 6.45) is -3.84. The molecule has 4 nitrogen and oxygen atoms in total. The lowest BCUT2D eigenvalue weighted by Gasteiger charge is -2.36. The van der Waals surface area contributed by atoms with Gasteiger partial charge in [-0.2, -0.15) is 13.2 Å². The molecule has 1 aliphatic rings. The Morgan fingerprint density at radius 1 is 0.929 bits per heavy atom. The molecule has 1 heterocycles. The average Bonchev–Trinajstić information content (AvgIpc) is 2.71. The highest BCUT2D eigenvalue weighted by atomic mass is 19.4. The molecule has 0 aliphatic carbocycles. The number of anilines is 1. The van der Waals surface area contributed by atoms with Crippen molar-refractivity contribution in [1.82, 2.24) is 10.2 Å². The number of nitrogens with zero attached hydrogens (tertiary/aromatic N) is 2. The fourth-order valence-electron chi connectivity index (χ4n) is 3.40. The number of carbonyl (C=O) groups is 1. The molecule has 1 N–H and O–H groups in total. The molecule has 7 heteroatoms. The predicted octanol–water partition coefficient (Wildman–Crippen LogP) is 3.65. The van der Waals surface area contributed by atoms with Gasteiger partial charge in [0.1, 0.15) is 0 Å². The first-order chi connectivity index (χ1) is 13.4. The maximum atomic E-state index is 13.0. The van der Waals surface area contributed by atoms with Crippen LogP contribution in [0.3, 0.4) is 0 Å². The predicted molar refractivity (Wildman–Crippen MR) is 103 cm³/mol. The van der Waals surface area contributed by atoms with E-state index >= 15 is 0 Å². The van der Waals surface area contributed by atoms with Crippen molar-refractivity contribution in [2.45, 2.75) is 12.6 Å². The van der Waals surface area contributed by atoms with Crippen molar-refractivity contribution in [1.29, 1.82) is 0 Å². The van der Waals surface area contributed by atoms with Crippen LogP contribution in [0, 0.1) is 0 Å². The summed E-state index contributed by atoms with van der Waals surface area (Å²) in [6, 6.07) is 15.1. The zero-order valence-electron chi connectivity index (χ0n) is 15.6. The number of para-hydroxylation sites is 1. The molecule has 28 heavy (non-hydrogen) atoms. The molecule has 3 rings (SSSR count). The summed E-state index contributed by atoms with van der Waals surface area (Å²) in [4.78, 5) is 16.8. The highest BCUT2D eigenvalue weighted by molar-refractivity contribution is 5.95. The standard InChI is InChI=1S/C21H24F3N3O/c22-21(23,24)19-10-5-4-9-18(19)20(28)25-11-6-12-26-13-15-27(16-14-26)17-7-2-1-3-8-17/h1-5,7-10H,6,11-16H2,(H,25,28). The van der Waals surface area contributed by atoms with Gasteiger partial charge in [0.05, 0.1) is 11.1 Å². The van der Waals surface area contributed by atoms with E-state index in [4.69, 9.17) is 0 Å². The summed E-state index contributed by atoms with van der Waals surface area (Å²) in [7, 11) is 0. The average molecular weight is 391 g/mol. The number of halogens is 3. The quantitative estimate of drug-likeness (QED) is 0.764. The molecule has 1 amide bonds. The molecule has 0 atom stereocenters. The summed E-state index contributed by atoms with van der Waals surface area (Å²) in [5.41, 5.74) is -0.00578. The number of alkyl halides is 3. The van der Waals surface area contributed by atoms with Crippen molar-refractivity contribution in [2.75, 3.05) is 44.2 Å². The Hall–Kier alpha value is -2.54. The Bertz CT molecular complexity index is 772. The van der Waals surface area contributed by atoms with Crippen molar-refractivity contribution in [3.8, 4) is 0 Å². The SMILES string of the molecule is O=C(NCCCN1CCN(c2ccccc2)CC1)c1ccccc1C(F)(F)F. The molecule has 2 aromatic carbocycles. The van der Waals surface area contributed by atoms with Crippen molar-refractivity contribution < 1.29 is 18.0 Å². The summed E-state index contributed by atoms with van der Waals surface area (Å²) >= 11 is 0. The molecule has 0 spiro atoms. The van der Waals surface area contributed by atoms with Crippen molar-refractivity contribution in [3.63, 3.8) is 0 Å². The first-order valence-corrected chi connectivity index (χ1v) is 9.42. The van der Waals surface area contributed by atoms with Crippen LogP contribution in [0.4, 0.5) is 18.9 Å². The van der Waals surface area contributed by atoms with Gasteiger partial charge >= 0.3 is 6.18 Å². The molecule has 1 aliphatic heterocycles. The minimum atomic E-state index is -4.54. The summed E-state index contributed by atoms with van der Waals surface area (Å²) in [6.45, 7) is 4.90. The number of hydrogen-bond acceptors (Lipinski definition) is 3. The second-order valence-electron chi connectivity index (χ2n) is 6.82. The summed E-state index contributed by atoms with van der Waals surface area (Å²) in [5.74, 6) is -0.679. The van der Waals surface area contributed by atoms with Gasteiger partial charge in [0, 0.05) is 38.4 Å². The number of nitrogens with one attached hydrogen (secondary N) is 1. The van der Waals surface area contributed by atoms with E-state index in [9.17, 15) is 18.0 Å². The molecule has 1 fully saturated rings. The number of carbonyl (C=O) groups excluding carboxylic acids is 1. The number of amides is 1. The fourth-order valence-corrected chi connectivity index (χ4v) is 3.40. The van der Waals surface area contributed by atoms with Gasteiger partial charge in [-0.1, -0.05) is 30.3 Å². The van der Waals surface area contributed by atoms with Crippen molar-refractivity contribution >= 4 is 11.6 Å². The van der Waals surface area contributed by atoms with Gasteiger partial charge in [-0.05, 0) is 37.2 Å². The Balaban J connectivity index is 1.41. The van der Waals surface area contributed by atoms with Crippen LogP contribution in [0.5, 0.6) is 0 Å². The van der Waals surface area contributed by atoms with Gasteiger partial charge in [-0.3, -0.25) is 9.69 Å². The first-order valence-electron chi connectivity index (χ1n) is 9.42. The molecule has 0 saturated carbocycles. The highest BCUT2D eigenvalue weighted by Crippen LogP contribution is 2.31. The van der Waals surface area contributed by atoms with Gasteiger partial charge in [0.15, 0.2) is 0 Å². The van der Waals surface area contributed by atoms with Gasteiger partial charge in [0.25, 0.3) is 5.91 Å². The minimum Gasteiger partial charge on any atom is -0.369 e. The normalized spacial score (nSPS) is 15.5. The maximum absolute atomic E-state index is 13.0. The van der Waals surface area contributed by atoms with Crippen LogP contribution < -0.4 is 10.2 Å². The lowest BCUT2D eigenvalue weighted by molar-refractivity contribution is -0.137. The van der Waals surface area contributed by atoms with E-state index in [1.54, 1.807) is 0 Å². The molecular formula is C21H24F3N3O. The monoisotopic (exact) mass is 391 g/mol. The van der Waals surface area contributed by atoms with E-state index in [1.165, 1.54) is 23.9 Å². The molecule has 1 saturated heterocycles. The Labute approximate surface area is 162 Å². The third kappa shape index (κ3) is 5.25. The van der Waals surface area contributed by atoms with Crippen molar-refractivity contribution in [2.24, 2.45) is 0 Å². The van der Waals surface area contributed by atoms with Crippen LogP contribution in [0.25, 0.3) is 0 Å². The van der Waals surface area contributed by atoms with Gasteiger partial charge in [-0.15, -0.1) is 0 Å². The lowest BCUT2D eigenvalue weighted by Crippen LogP contribution is -2.47. The van der Waals surface area contributed by atoms with E-state index in [-0.39, 0.29) is 5.56 Å². The molecular weight excluding hydrogens is 367 g/mol. The fraction of sp³-hybridized carbons (Fsp3) is 0.381. The molecule has 0 bridgehead atoms. The lowest BCUT2D eigenvalue weighted by atomic mass is 10.1. The molecule has 0 radical (unpaired) electrons. The second-order valence-corrected chi connectivity index (χ2v) is 6.82. The zero-order chi connectivity index (χ0) is 20.0. The third-order valence-electron chi connectivity index (χ3n) is 4.91. The van der Waals surface area contributed by atoms with E-state index in [1.807, 2.05) is 18.2 Å². The van der Waals surface area contributed by atoms with Gasteiger partial charge in [0.2, 0.25) is 0 Å². The third-order valence-corrected chi connectivity index (χ3v) is 4.91. The largest absolute Gasteiger partial charge is 0.417 e. The smallest absolute Gasteiger partial charge is 0.369 e. The van der Waals surface area contributed by atoms with E-state index in [0.29, 0.717) is 13.0 Å². The number of hydrogen-bond donors (Lipinski definition) is 1. The van der Waals surface area contributed by atoms with E-state index < -0.39 is 17.6 Å². The van der Waals surface area contributed by atoms with Crippen LogP contribution in [-0.2, 0) is 6.18 Å². The number of rotatable bonds is 6. The van der Waals surface area contributed by atoms with E-state index in [0.717, 1.165) is 38.8 Å².